The molecule has 2 unspecified atom stereocenters. The van der Waals surface area contributed by atoms with Crippen LogP contribution in [0.4, 0.5) is 0 Å². The van der Waals surface area contributed by atoms with E-state index in [0.29, 0.717) is 6.42 Å². The molecule has 2 aromatic carbocycles. The highest BCUT2D eigenvalue weighted by Gasteiger charge is 2.39. The number of fused-ring (bicyclic) bond motifs is 1. The third kappa shape index (κ3) is 7.06. The van der Waals surface area contributed by atoms with Crippen molar-refractivity contribution in [1.29, 1.82) is 0 Å². The number of aromatic nitrogens is 1. The normalized spacial score (nSPS) is 14.5. The zero-order valence-corrected chi connectivity index (χ0v) is 25.4. The number of amides is 2. The highest BCUT2D eigenvalue weighted by Crippen LogP contribution is 2.34. The first kappa shape index (κ1) is 31.6. The summed E-state index contributed by atoms with van der Waals surface area (Å²) >= 11 is 0. The molecule has 3 atom stereocenters. The number of aliphatic carboxylic acids is 1. The molecule has 3 aromatic rings. The van der Waals surface area contributed by atoms with Crippen LogP contribution >= 0.6 is 0 Å². The second kappa shape index (κ2) is 13.2. The molecule has 3 rings (SSSR count). The predicted octanol–water partition coefficient (Wildman–Crippen LogP) is 4.29. The average molecular weight is 561 g/mol. The number of likely N-dealkylation sites (N-methyl/N-ethyl adjacent to an activating group) is 2. The molecule has 1 heterocycles. The van der Waals surface area contributed by atoms with Gasteiger partial charge in [0.1, 0.15) is 6.04 Å². The van der Waals surface area contributed by atoms with Crippen LogP contribution in [0.5, 0.6) is 0 Å². The van der Waals surface area contributed by atoms with E-state index in [2.05, 4.69) is 33.5 Å². The molecule has 0 radical (unpaired) electrons. The lowest BCUT2D eigenvalue weighted by molar-refractivity contribution is -0.138. The predicted molar refractivity (Wildman–Crippen MR) is 164 cm³/mol. The number of carboxylic acids is 1. The molecule has 0 aliphatic rings. The number of hydrogen-bond donors (Lipinski definition) is 3. The average Bonchev–Trinajstić information content (AvgIpc) is 3.28. The van der Waals surface area contributed by atoms with Gasteiger partial charge in [0.05, 0.1) is 12.1 Å². The highest BCUT2D eigenvalue weighted by atomic mass is 16.4. The van der Waals surface area contributed by atoms with Crippen LogP contribution in [0.15, 0.2) is 72.4 Å². The van der Waals surface area contributed by atoms with Gasteiger partial charge in [-0.2, -0.15) is 0 Å². The summed E-state index contributed by atoms with van der Waals surface area (Å²) in [7, 11) is 5.41. The van der Waals surface area contributed by atoms with Crippen LogP contribution < -0.4 is 10.6 Å². The van der Waals surface area contributed by atoms with Crippen molar-refractivity contribution in [2.45, 2.75) is 64.6 Å². The van der Waals surface area contributed by atoms with E-state index in [9.17, 15) is 19.5 Å². The minimum atomic E-state index is -1.03. The number of para-hydroxylation sites is 1. The molecule has 0 bridgehead atoms. The van der Waals surface area contributed by atoms with Gasteiger partial charge in [0.2, 0.25) is 11.8 Å². The number of benzene rings is 2. The van der Waals surface area contributed by atoms with Crippen LogP contribution in [0.2, 0.25) is 0 Å². The van der Waals surface area contributed by atoms with E-state index in [1.54, 1.807) is 25.1 Å². The minimum absolute atomic E-state index is 0.0401. The van der Waals surface area contributed by atoms with Gasteiger partial charge in [-0.05, 0) is 37.1 Å². The number of rotatable bonds is 12. The Balaban J connectivity index is 1.97. The van der Waals surface area contributed by atoms with Gasteiger partial charge in [0.25, 0.3) is 0 Å². The first-order valence-corrected chi connectivity index (χ1v) is 14.0. The molecule has 8 nitrogen and oxygen atoms in total. The van der Waals surface area contributed by atoms with Gasteiger partial charge in [-0.3, -0.25) is 9.59 Å². The summed E-state index contributed by atoms with van der Waals surface area (Å²) in [5.74, 6) is -1.64. The second-order valence-electron chi connectivity index (χ2n) is 11.7. The Morgan fingerprint density at radius 2 is 1.66 bits per heavy atom. The summed E-state index contributed by atoms with van der Waals surface area (Å²) < 4.78 is 2.06. The second-order valence-corrected chi connectivity index (χ2v) is 11.7. The number of nitrogens with one attached hydrogen (secondary N) is 2. The SMILES string of the molecule is CNC(C(=O)N[C@@H](Cc1ccccc1)C(=O)N(C)C(/C=C(\C)C(=O)O)C(C)C)C(C)(C)c1cn(C)c2ccccc12. The number of nitrogens with zero attached hydrogens (tertiary/aromatic N) is 2. The van der Waals surface area contributed by atoms with E-state index in [0.717, 1.165) is 22.0 Å². The zero-order chi connectivity index (χ0) is 30.5. The summed E-state index contributed by atoms with van der Waals surface area (Å²) in [5, 5.41) is 16.8. The lowest BCUT2D eigenvalue weighted by Crippen LogP contribution is -2.59. The van der Waals surface area contributed by atoms with Crippen LogP contribution in [0, 0.1) is 5.92 Å². The van der Waals surface area contributed by atoms with Gasteiger partial charge in [-0.1, -0.05) is 82.3 Å². The molecule has 1 aromatic heterocycles. The molecule has 0 saturated carbocycles. The van der Waals surface area contributed by atoms with Gasteiger partial charge in [0.15, 0.2) is 0 Å². The van der Waals surface area contributed by atoms with Crippen molar-refractivity contribution in [1.82, 2.24) is 20.1 Å². The van der Waals surface area contributed by atoms with Crippen molar-refractivity contribution >= 4 is 28.7 Å². The van der Waals surface area contributed by atoms with Crippen molar-refractivity contribution in [2.75, 3.05) is 14.1 Å². The molecule has 0 spiro atoms. The first-order valence-electron chi connectivity index (χ1n) is 14.0. The van der Waals surface area contributed by atoms with E-state index >= 15 is 0 Å². The maximum atomic E-state index is 14.0. The van der Waals surface area contributed by atoms with E-state index < -0.39 is 29.5 Å². The number of carbonyl (C=O) groups is 3. The van der Waals surface area contributed by atoms with Crippen molar-refractivity contribution < 1.29 is 19.5 Å². The molecule has 0 saturated heterocycles. The highest BCUT2D eigenvalue weighted by molar-refractivity contribution is 5.93. The minimum Gasteiger partial charge on any atom is -0.478 e. The number of hydrogen-bond acceptors (Lipinski definition) is 4. The number of aryl methyl sites for hydroxylation is 1. The van der Waals surface area contributed by atoms with Crippen LogP contribution in [0.3, 0.4) is 0 Å². The largest absolute Gasteiger partial charge is 0.478 e. The standard InChI is InChI=1S/C33H44N4O4/c1-21(2)28(18-22(3)32(40)41)37(8)31(39)26(19-23-14-10-9-11-15-23)35-30(38)29(34-6)33(4,5)25-20-36(7)27-17-13-12-16-24(25)27/h9-18,20-21,26,28-29,34H,19H2,1-8H3,(H,35,38)(H,40,41)/b22-18+/t26-,28?,29?/m0/s1. The maximum absolute atomic E-state index is 14.0. The Bertz CT molecular complexity index is 1410. The van der Waals surface area contributed by atoms with E-state index in [1.807, 2.05) is 77.2 Å². The summed E-state index contributed by atoms with van der Waals surface area (Å²) in [6, 6.07) is 15.7. The third-order valence-corrected chi connectivity index (χ3v) is 8.00. The summed E-state index contributed by atoms with van der Waals surface area (Å²) in [5.41, 5.74) is 2.57. The Hall–Kier alpha value is -3.91. The first-order chi connectivity index (χ1) is 19.3. The molecule has 0 aliphatic heterocycles. The number of carboxylic acid groups (broad SMARTS) is 1. The van der Waals surface area contributed by atoms with Crippen LogP contribution in [0.25, 0.3) is 10.9 Å². The van der Waals surface area contributed by atoms with Gasteiger partial charge >= 0.3 is 5.97 Å². The third-order valence-electron chi connectivity index (χ3n) is 8.00. The molecule has 3 N–H and O–H groups in total. The molecule has 41 heavy (non-hydrogen) atoms. The van der Waals surface area contributed by atoms with E-state index in [4.69, 9.17) is 0 Å². The monoisotopic (exact) mass is 560 g/mol. The van der Waals surface area contributed by atoms with Gasteiger partial charge in [-0.15, -0.1) is 0 Å². The molecule has 220 valence electrons. The van der Waals surface area contributed by atoms with Gasteiger partial charge in [0, 0.05) is 48.6 Å². The van der Waals surface area contributed by atoms with Crippen LogP contribution in [0.1, 0.15) is 45.7 Å². The molecule has 0 fully saturated rings. The van der Waals surface area contributed by atoms with Gasteiger partial charge in [-0.25, -0.2) is 4.79 Å². The zero-order valence-electron chi connectivity index (χ0n) is 25.4. The Morgan fingerprint density at radius 1 is 1.05 bits per heavy atom. The molecule has 8 heteroatoms. The van der Waals surface area contributed by atoms with E-state index in [1.165, 1.54) is 6.92 Å². The Kier molecular flexibility index (Phi) is 10.2. The van der Waals surface area contributed by atoms with Crippen molar-refractivity contribution in [3.63, 3.8) is 0 Å². The van der Waals surface area contributed by atoms with Crippen molar-refractivity contribution in [2.24, 2.45) is 13.0 Å². The molecular formula is C33H44N4O4. The molecule has 0 aliphatic carbocycles. The quantitative estimate of drug-likeness (QED) is 0.287. The molecular weight excluding hydrogens is 516 g/mol. The maximum Gasteiger partial charge on any atom is 0.331 e. The summed E-state index contributed by atoms with van der Waals surface area (Å²) in [4.78, 5) is 41.1. The fourth-order valence-corrected chi connectivity index (χ4v) is 5.61. The van der Waals surface area contributed by atoms with Crippen molar-refractivity contribution in [3.8, 4) is 0 Å². The van der Waals surface area contributed by atoms with Crippen molar-refractivity contribution in [3.05, 3.63) is 83.6 Å². The summed E-state index contributed by atoms with van der Waals surface area (Å²) in [6.45, 7) is 9.46. The van der Waals surface area contributed by atoms with E-state index in [-0.39, 0.29) is 23.3 Å². The smallest absolute Gasteiger partial charge is 0.331 e. The Morgan fingerprint density at radius 3 is 2.24 bits per heavy atom. The fourth-order valence-electron chi connectivity index (χ4n) is 5.61. The van der Waals surface area contributed by atoms with Crippen LogP contribution in [-0.4, -0.2) is 64.6 Å². The summed E-state index contributed by atoms with van der Waals surface area (Å²) in [6.07, 6.45) is 3.96. The molecule has 2 amide bonds. The van der Waals surface area contributed by atoms with Crippen LogP contribution in [-0.2, 0) is 33.3 Å². The lowest BCUT2D eigenvalue weighted by atomic mass is 9.77. The van der Waals surface area contributed by atoms with Gasteiger partial charge < -0.3 is 25.2 Å². The lowest BCUT2D eigenvalue weighted by Gasteiger charge is -2.36. The number of carbonyl (C=O) groups excluding carboxylic acids is 2. The fraction of sp³-hybridized carbons (Fsp3) is 0.424. The Labute approximate surface area is 243 Å². The topological polar surface area (TPSA) is 104 Å².